The first-order chi connectivity index (χ1) is 16.5. The normalized spacial score (nSPS) is 20.1. The summed E-state index contributed by atoms with van der Waals surface area (Å²) in [6.07, 6.45) is 5.51. The predicted octanol–water partition coefficient (Wildman–Crippen LogP) is 5.37. The Morgan fingerprint density at radius 3 is 2.62 bits per heavy atom. The van der Waals surface area contributed by atoms with Gasteiger partial charge in [0.1, 0.15) is 10.8 Å². The van der Waals surface area contributed by atoms with Gasteiger partial charge in [-0.15, -0.1) is 11.3 Å². The predicted molar refractivity (Wildman–Crippen MR) is 132 cm³/mol. The lowest BCUT2D eigenvalue weighted by Gasteiger charge is -2.39. The van der Waals surface area contributed by atoms with Gasteiger partial charge in [0.2, 0.25) is 0 Å². The fourth-order valence-electron chi connectivity index (χ4n) is 5.33. The molecular weight excluding hydrogens is 470 g/mol. The maximum Gasteiger partial charge on any atom is 0.341 e. The number of nitriles is 1. The van der Waals surface area contributed by atoms with Gasteiger partial charge in [-0.1, -0.05) is 23.7 Å². The summed E-state index contributed by atoms with van der Waals surface area (Å²) in [4.78, 5) is 29.2. The Morgan fingerprint density at radius 2 is 1.91 bits per heavy atom. The number of nitrogens with zero attached hydrogens (tertiary/aromatic N) is 2. The number of Topliss-reactive ketones (excluding diaryl/α,β-unsaturated/α-hetero) is 1. The van der Waals surface area contributed by atoms with E-state index in [1.165, 1.54) is 18.4 Å². The number of ether oxygens (including phenoxy) is 1. The Hall–Kier alpha value is -3.08. The number of anilines is 1. The molecule has 1 aliphatic heterocycles. The molecule has 0 radical (unpaired) electrons. The van der Waals surface area contributed by atoms with Crippen LogP contribution in [-0.2, 0) is 22.4 Å². The highest BCUT2D eigenvalue weighted by Gasteiger charge is 2.42. The van der Waals surface area contributed by atoms with Crippen LogP contribution in [0.25, 0.3) is 0 Å². The van der Waals surface area contributed by atoms with E-state index in [4.69, 9.17) is 22.1 Å². The van der Waals surface area contributed by atoms with Gasteiger partial charge < -0.3 is 10.5 Å². The summed E-state index contributed by atoms with van der Waals surface area (Å²) >= 11 is 7.62. The van der Waals surface area contributed by atoms with Crippen molar-refractivity contribution in [3.05, 3.63) is 73.5 Å². The maximum absolute atomic E-state index is 13.3. The highest BCUT2D eigenvalue weighted by molar-refractivity contribution is 7.16. The molecule has 1 aromatic carbocycles. The van der Waals surface area contributed by atoms with E-state index in [9.17, 15) is 14.9 Å². The molecule has 0 saturated heterocycles. The van der Waals surface area contributed by atoms with Gasteiger partial charge in [-0.2, -0.15) is 5.26 Å². The largest absolute Gasteiger partial charge is 0.465 e. The van der Waals surface area contributed by atoms with Crippen molar-refractivity contribution in [2.75, 3.05) is 12.0 Å². The Bertz CT molecular complexity index is 1300. The number of hydrogen-bond acceptors (Lipinski definition) is 7. The lowest BCUT2D eigenvalue weighted by Crippen LogP contribution is -2.39. The number of carbonyl (C=O) groups is 2. The lowest BCUT2D eigenvalue weighted by molar-refractivity contribution is -0.116. The first-order valence-corrected chi connectivity index (χ1v) is 12.6. The van der Waals surface area contributed by atoms with Crippen LogP contribution in [0.4, 0.5) is 5.00 Å². The first kappa shape index (κ1) is 22.7. The molecule has 2 N–H and O–H groups in total. The van der Waals surface area contributed by atoms with E-state index in [0.29, 0.717) is 46.0 Å². The van der Waals surface area contributed by atoms with Crippen molar-refractivity contribution < 1.29 is 14.3 Å². The summed E-state index contributed by atoms with van der Waals surface area (Å²) in [5.41, 5.74) is 10.7. The highest BCUT2D eigenvalue weighted by atomic mass is 35.5. The highest BCUT2D eigenvalue weighted by Crippen LogP contribution is 2.50. The molecule has 0 fully saturated rings. The van der Waals surface area contributed by atoms with Crippen molar-refractivity contribution in [1.82, 2.24) is 0 Å². The zero-order valence-electron chi connectivity index (χ0n) is 18.8. The van der Waals surface area contributed by atoms with Crippen LogP contribution in [0.2, 0.25) is 5.02 Å². The molecular formula is C26H24ClN3O3S. The van der Waals surface area contributed by atoms with Gasteiger partial charge in [0.05, 0.1) is 30.2 Å². The summed E-state index contributed by atoms with van der Waals surface area (Å²) in [5, 5.41) is 11.4. The van der Waals surface area contributed by atoms with E-state index in [1.54, 1.807) is 17.0 Å². The van der Waals surface area contributed by atoms with Gasteiger partial charge in [0.15, 0.2) is 5.78 Å². The van der Waals surface area contributed by atoms with Crippen molar-refractivity contribution in [2.24, 2.45) is 5.73 Å². The molecule has 2 aliphatic carbocycles. The van der Waals surface area contributed by atoms with Crippen LogP contribution in [0.5, 0.6) is 0 Å². The number of carbonyl (C=O) groups excluding carboxylic acids is 2. The summed E-state index contributed by atoms with van der Waals surface area (Å²) in [7, 11) is 1.38. The SMILES string of the molecule is COC(=O)c1c(N2C(N)=C(C#N)[C@@H](c3ccc(Cl)cc3)C3=C2CCCC3=O)sc2c1CCCC2. The second-order valence-corrected chi connectivity index (χ2v) is 10.3. The van der Waals surface area contributed by atoms with E-state index in [0.717, 1.165) is 47.4 Å². The number of esters is 1. The van der Waals surface area contributed by atoms with E-state index >= 15 is 0 Å². The number of hydrogen-bond donors (Lipinski definition) is 1. The van der Waals surface area contributed by atoms with Crippen LogP contribution in [0.15, 0.2) is 46.9 Å². The Labute approximate surface area is 207 Å². The molecule has 0 amide bonds. The molecule has 0 unspecified atom stereocenters. The Balaban J connectivity index is 1.77. The third-order valence-corrected chi connectivity index (χ3v) is 8.39. The Morgan fingerprint density at radius 1 is 1.18 bits per heavy atom. The average molecular weight is 494 g/mol. The maximum atomic E-state index is 13.3. The minimum absolute atomic E-state index is 0.00684. The number of halogens is 1. The second-order valence-electron chi connectivity index (χ2n) is 8.75. The van der Waals surface area contributed by atoms with E-state index in [-0.39, 0.29) is 11.6 Å². The smallest absolute Gasteiger partial charge is 0.341 e. The molecule has 2 aromatic rings. The number of thiophene rings is 1. The molecule has 0 saturated carbocycles. The molecule has 0 spiro atoms. The zero-order valence-corrected chi connectivity index (χ0v) is 20.4. The number of aryl methyl sites for hydroxylation is 1. The number of ketones is 1. The van der Waals surface area contributed by atoms with Crippen LogP contribution in [0, 0.1) is 11.3 Å². The molecule has 1 atom stereocenters. The summed E-state index contributed by atoms with van der Waals surface area (Å²) in [6.45, 7) is 0. The van der Waals surface area contributed by atoms with Gasteiger partial charge in [0, 0.05) is 27.6 Å². The van der Waals surface area contributed by atoms with Crippen LogP contribution in [0.3, 0.4) is 0 Å². The van der Waals surface area contributed by atoms with Gasteiger partial charge in [-0.05, 0) is 61.8 Å². The van der Waals surface area contributed by atoms with Crippen LogP contribution < -0.4 is 10.6 Å². The van der Waals surface area contributed by atoms with Crippen molar-refractivity contribution in [1.29, 1.82) is 5.26 Å². The molecule has 6 nitrogen and oxygen atoms in total. The number of nitrogens with two attached hydrogens (primary N) is 1. The van der Waals surface area contributed by atoms with Crippen molar-refractivity contribution in [2.45, 2.75) is 50.9 Å². The van der Waals surface area contributed by atoms with Gasteiger partial charge in [0.25, 0.3) is 0 Å². The average Bonchev–Trinajstić information content (AvgIpc) is 3.22. The topological polar surface area (TPSA) is 96.4 Å². The minimum Gasteiger partial charge on any atom is -0.465 e. The number of rotatable bonds is 3. The quantitative estimate of drug-likeness (QED) is 0.577. The molecule has 34 heavy (non-hydrogen) atoms. The number of allylic oxidation sites excluding steroid dienone is 3. The monoisotopic (exact) mass is 493 g/mol. The Kier molecular flexibility index (Phi) is 5.97. The van der Waals surface area contributed by atoms with Crippen LogP contribution in [-0.4, -0.2) is 18.9 Å². The van der Waals surface area contributed by atoms with E-state index < -0.39 is 11.9 Å². The third-order valence-electron chi connectivity index (χ3n) is 6.86. The molecule has 0 bridgehead atoms. The van der Waals surface area contributed by atoms with Crippen LogP contribution in [0.1, 0.15) is 64.4 Å². The van der Waals surface area contributed by atoms with E-state index in [1.807, 2.05) is 12.1 Å². The van der Waals surface area contributed by atoms with E-state index in [2.05, 4.69) is 6.07 Å². The molecule has 1 aromatic heterocycles. The van der Waals surface area contributed by atoms with Gasteiger partial charge >= 0.3 is 5.97 Å². The van der Waals surface area contributed by atoms with Gasteiger partial charge in [-0.25, -0.2) is 4.79 Å². The molecule has 174 valence electrons. The standard InChI is InChI=1S/C26H24ClN3O3S/c1-33-26(32)22-16-5-2-3-8-20(16)34-25(22)30-18-6-4-7-19(31)23(18)21(17(13-28)24(30)29)14-9-11-15(27)12-10-14/h9-12,21H,2-8,29H2,1H3/t21-/m1/s1. The minimum atomic E-state index is -0.558. The molecule has 8 heteroatoms. The second kappa shape index (κ2) is 8.94. The summed E-state index contributed by atoms with van der Waals surface area (Å²) in [6, 6.07) is 9.46. The summed E-state index contributed by atoms with van der Waals surface area (Å²) in [5.74, 6) is -0.700. The molecule has 5 rings (SSSR count). The van der Waals surface area contributed by atoms with Crippen LogP contribution >= 0.6 is 22.9 Å². The number of methoxy groups -OCH3 is 1. The zero-order chi connectivity index (χ0) is 24.0. The molecule has 3 aliphatic rings. The number of fused-ring (bicyclic) bond motifs is 1. The van der Waals surface area contributed by atoms with Gasteiger partial charge in [-0.3, -0.25) is 9.69 Å². The van der Waals surface area contributed by atoms with Crippen molar-refractivity contribution >= 4 is 39.7 Å². The third kappa shape index (κ3) is 3.53. The summed E-state index contributed by atoms with van der Waals surface area (Å²) < 4.78 is 5.16. The lowest BCUT2D eigenvalue weighted by atomic mass is 9.75. The van der Waals surface area contributed by atoms with Crippen molar-refractivity contribution in [3.63, 3.8) is 0 Å². The number of benzene rings is 1. The molecule has 2 heterocycles. The van der Waals surface area contributed by atoms with Crippen molar-refractivity contribution in [3.8, 4) is 6.07 Å². The fourth-order valence-corrected chi connectivity index (χ4v) is 6.87. The fraction of sp³-hybridized carbons (Fsp3) is 0.346. The first-order valence-electron chi connectivity index (χ1n) is 11.4.